The van der Waals surface area contributed by atoms with Gasteiger partial charge in [0.15, 0.2) is 0 Å². The van der Waals surface area contributed by atoms with E-state index in [9.17, 15) is 28.1 Å². The molecule has 0 saturated heterocycles. The molecule has 8 nitrogen and oxygen atoms in total. The number of esters is 1. The SMILES string of the molecule is CCOC(=O)c1nc([N+](=O)[O-])cn1Cc1ccc(OC(F)(F)F)cc1. The maximum Gasteiger partial charge on any atom is 0.573 e. The van der Waals surface area contributed by atoms with E-state index in [1.165, 1.54) is 16.7 Å². The molecule has 0 fully saturated rings. The van der Waals surface area contributed by atoms with Crippen molar-refractivity contribution in [2.75, 3.05) is 6.61 Å². The highest BCUT2D eigenvalue weighted by Crippen LogP contribution is 2.23. The highest BCUT2D eigenvalue weighted by molar-refractivity contribution is 5.86. The molecule has 0 unspecified atom stereocenters. The van der Waals surface area contributed by atoms with Gasteiger partial charge in [-0.2, -0.15) is 0 Å². The Morgan fingerprint density at radius 1 is 1.32 bits per heavy atom. The van der Waals surface area contributed by atoms with Crippen LogP contribution in [0.4, 0.5) is 19.0 Å². The number of hydrogen-bond acceptors (Lipinski definition) is 6. The molecule has 0 spiro atoms. The molecule has 0 aliphatic carbocycles. The molecule has 0 radical (unpaired) electrons. The van der Waals surface area contributed by atoms with E-state index in [1.807, 2.05) is 0 Å². The van der Waals surface area contributed by atoms with E-state index in [2.05, 4.69) is 9.72 Å². The van der Waals surface area contributed by atoms with Crippen molar-refractivity contribution in [3.05, 3.63) is 52.0 Å². The van der Waals surface area contributed by atoms with Gasteiger partial charge < -0.3 is 19.6 Å². The first kappa shape index (κ1) is 18.2. The molecule has 1 heterocycles. The van der Waals surface area contributed by atoms with Crippen LogP contribution in [-0.2, 0) is 11.3 Å². The Labute approximate surface area is 138 Å². The van der Waals surface area contributed by atoms with Gasteiger partial charge in [-0.1, -0.05) is 12.1 Å². The monoisotopic (exact) mass is 359 g/mol. The van der Waals surface area contributed by atoms with Gasteiger partial charge in [-0.25, -0.2) is 4.79 Å². The summed E-state index contributed by atoms with van der Waals surface area (Å²) in [5, 5.41) is 10.8. The van der Waals surface area contributed by atoms with Crippen molar-refractivity contribution in [1.82, 2.24) is 9.55 Å². The Morgan fingerprint density at radius 3 is 2.48 bits per heavy atom. The van der Waals surface area contributed by atoms with Crippen LogP contribution in [-0.4, -0.2) is 33.4 Å². The van der Waals surface area contributed by atoms with Crippen LogP contribution >= 0.6 is 0 Å². The Hall–Kier alpha value is -3.11. The quantitative estimate of drug-likeness (QED) is 0.447. The molecule has 0 atom stereocenters. The summed E-state index contributed by atoms with van der Waals surface area (Å²) in [5.74, 6) is -2.06. The molecule has 0 N–H and O–H groups in total. The highest BCUT2D eigenvalue weighted by atomic mass is 19.4. The number of ether oxygens (including phenoxy) is 2. The second-order valence-corrected chi connectivity index (χ2v) is 4.72. The number of carbonyl (C=O) groups is 1. The van der Waals surface area contributed by atoms with E-state index in [1.54, 1.807) is 6.92 Å². The number of nitrogens with zero attached hydrogens (tertiary/aromatic N) is 3. The fraction of sp³-hybridized carbons (Fsp3) is 0.286. The third-order valence-electron chi connectivity index (χ3n) is 2.92. The van der Waals surface area contributed by atoms with Crippen molar-refractivity contribution < 1.29 is 32.4 Å². The molecular formula is C14H12F3N3O5. The fourth-order valence-electron chi connectivity index (χ4n) is 1.96. The summed E-state index contributed by atoms with van der Waals surface area (Å²) in [6.45, 7) is 1.60. The number of benzene rings is 1. The predicted octanol–water partition coefficient (Wildman–Crippen LogP) is 2.91. The summed E-state index contributed by atoms with van der Waals surface area (Å²) >= 11 is 0. The third kappa shape index (κ3) is 4.93. The van der Waals surface area contributed by atoms with Crippen molar-refractivity contribution in [3.8, 4) is 5.75 Å². The average molecular weight is 359 g/mol. The summed E-state index contributed by atoms with van der Waals surface area (Å²) in [6, 6.07) is 4.86. The van der Waals surface area contributed by atoms with Gasteiger partial charge in [-0.05, 0) is 34.5 Å². The largest absolute Gasteiger partial charge is 0.573 e. The lowest BCUT2D eigenvalue weighted by Gasteiger charge is -2.09. The standard InChI is InChI=1S/C14H12F3N3O5/c1-2-24-13(21)12-18-11(20(22)23)8-19(12)7-9-3-5-10(6-4-9)25-14(15,16)17/h3-6,8H,2,7H2,1H3. The molecule has 134 valence electrons. The fourth-order valence-corrected chi connectivity index (χ4v) is 1.96. The van der Waals surface area contributed by atoms with Crippen molar-refractivity contribution in [1.29, 1.82) is 0 Å². The zero-order valence-electron chi connectivity index (χ0n) is 12.8. The Balaban J connectivity index is 2.24. The summed E-state index contributed by atoms with van der Waals surface area (Å²) in [7, 11) is 0. The van der Waals surface area contributed by atoms with Gasteiger partial charge in [0.05, 0.1) is 13.2 Å². The average Bonchev–Trinajstić information content (AvgIpc) is 2.92. The zero-order chi connectivity index (χ0) is 18.6. The van der Waals surface area contributed by atoms with Crippen molar-refractivity contribution in [3.63, 3.8) is 0 Å². The van der Waals surface area contributed by atoms with Crippen LogP contribution in [0.5, 0.6) is 5.75 Å². The Kier molecular flexibility index (Phi) is 5.25. The van der Waals surface area contributed by atoms with E-state index < -0.39 is 28.8 Å². The maximum atomic E-state index is 12.1. The number of rotatable bonds is 6. The van der Waals surface area contributed by atoms with Gasteiger partial charge >= 0.3 is 24.0 Å². The summed E-state index contributed by atoms with van der Waals surface area (Å²) in [4.78, 5) is 25.5. The maximum absolute atomic E-state index is 12.1. The van der Waals surface area contributed by atoms with E-state index >= 15 is 0 Å². The number of aromatic nitrogens is 2. The second kappa shape index (κ2) is 7.20. The van der Waals surface area contributed by atoms with Crippen LogP contribution in [0.2, 0.25) is 0 Å². The first-order chi connectivity index (χ1) is 11.7. The number of imidazole rings is 1. The minimum absolute atomic E-state index is 0.0265. The molecule has 0 amide bonds. The molecule has 1 aromatic carbocycles. The predicted molar refractivity (Wildman–Crippen MR) is 77.1 cm³/mol. The van der Waals surface area contributed by atoms with E-state index in [0.717, 1.165) is 18.3 Å². The number of halogens is 3. The van der Waals surface area contributed by atoms with Gasteiger partial charge in [0.25, 0.3) is 0 Å². The minimum atomic E-state index is -4.80. The third-order valence-corrected chi connectivity index (χ3v) is 2.92. The van der Waals surface area contributed by atoms with Gasteiger partial charge in [0.2, 0.25) is 0 Å². The van der Waals surface area contributed by atoms with Gasteiger partial charge in [-0.3, -0.25) is 4.57 Å². The van der Waals surface area contributed by atoms with E-state index in [0.29, 0.717) is 5.56 Å². The van der Waals surface area contributed by atoms with Crippen LogP contribution in [0.1, 0.15) is 23.1 Å². The van der Waals surface area contributed by atoms with Gasteiger partial charge in [-0.15, -0.1) is 13.2 Å². The first-order valence-electron chi connectivity index (χ1n) is 6.93. The van der Waals surface area contributed by atoms with Crippen LogP contribution in [0.3, 0.4) is 0 Å². The number of nitro groups is 1. The Morgan fingerprint density at radius 2 is 1.96 bits per heavy atom. The lowest BCUT2D eigenvalue weighted by Crippen LogP contribution is -2.17. The summed E-state index contributed by atoms with van der Waals surface area (Å²) in [5.41, 5.74) is 0.479. The van der Waals surface area contributed by atoms with Crippen LogP contribution in [0, 0.1) is 10.1 Å². The lowest BCUT2D eigenvalue weighted by atomic mass is 10.2. The molecular weight excluding hydrogens is 347 g/mol. The molecule has 11 heteroatoms. The molecule has 0 saturated carbocycles. The summed E-state index contributed by atoms with van der Waals surface area (Å²) < 4.78 is 46.1. The zero-order valence-corrected chi connectivity index (χ0v) is 12.8. The van der Waals surface area contributed by atoms with Gasteiger partial charge in [0.1, 0.15) is 11.9 Å². The first-order valence-corrected chi connectivity index (χ1v) is 6.93. The highest BCUT2D eigenvalue weighted by Gasteiger charge is 2.31. The van der Waals surface area contributed by atoms with Crippen LogP contribution < -0.4 is 4.74 Å². The molecule has 0 aliphatic heterocycles. The van der Waals surface area contributed by atoms with Crippen LogP contribution in [0.25, 0.3) is 0 Å². The smallest absolute Gasteiger partial charge is 0.458 e. The number of hydrogen-bond donors (Lipinski definition) is 0. The van der Waals surface area contributed by atoms with Crippen LogP contribution in [0.15, 0.2) is 30.5 Å². The minimum Gasteiger partial charge on any atom is -0.458 e. The molecule has 25 heavy (non-hydrogen) atoms. The van der Waals surface area contributed by atoms with E-state index in [4.69, 9.17) is 4.74 Å². The molecule has 2 aromatic rings. The van der Waals surface area contributed by atoms with Crippen molar-refractivity contribution in [2.24, 2.45) is 0 Å². The molecule has 0 bridgehead atoms. The van der Waals surface area contributed by atoms with E-state index in [-0.39, 0.29) is 19.0 Å². The Bertz CT molecular complexity index is 771. The van der Waals surface area contributed by atoms with Crippen molar-refractivity contribution >= 4 is 11.8 Å². The summed E-state index contributed by atoms with van der Waals surface area (Å²) in [6.07, 6.45) is -3.75. The number of alkyl halides is 3. The second-order valence-electron chi connectivity index (χ2n) is 4.72. The molecule has 2 rings (SSSR count). The number of carbonyl (C=O) groups excluding carboxylic acids is 1. The molecule has 0 aliphatic rings. The van der Waals surface area contributed by atoms with Crippen molar-refractivity contribution in [2.45, 2.75) is 19.8 Å². The van der Waals surface area contributed by atoms with Gasteiger partial charge in [0, 0.05) is 0 Å². The molecule has 1 aromatic heterocycles. The normalized spacial score (nSPS) is 11.2. The lowest BCUT2D eigenvalue weighted by molar-refractivity contribution is -0.389. The topological polar surface area (TPSA) is 96.5 Å².